The predicted molar refractivity (Wildman–Crippen MR) is 77.1 cm³/mol. The van der Waals surface area contributed by atoms with E-state index in [4.69, 9.17) is 0 Å². The van der Waals surface area contributed by atoms with Crippen LogP contribution < -0.4 is 0 Å². The normalized spacial score (nSPS) is 43.3. The number of carboxylic acids is 1. The van der Waals surface area contributed by atoms with Crippen molar-refractivity contribution in [2.24, 2.45) is 22.7 Å². The monoisotopic (exact) mass is 267 g/mol. The van der Waals surface area contributed by atoms with Crippen molar-refractivity contribution in [1.82, 2.24) is 4.90 Å². The molecule has 2 fully saturated rings. The SMILES string of the molecule is CC1CN(C2CCC(C)(C(=O)O)C2)CC(C)C1(C)C. The summed E-state index contributed by atoms with van der Waals surface area (Å²) in [5.74, 6) is 0.731. The van der Waals surface area contributed by atoms with Gasteiger partial charge in [0, 0.05) is 19.1 Å². The van der Waals surface area contributed by atoms with Crippen molar-refractivity contribution in [1.29, 1.82) is 0 Å². The lowest BCUT2D eigenvalue weighted by Gasteiger charge is -2.49. The van der Waals surface area contributed by atoms with Gasteiger partial charge in [-0.05, 0) is 43.4 Å². The second kappa shape index (κ2) is 4.76. The number of hydrogen-bond acceptors (Lipinski definition) is 2. The van der Waals surface area contributed by atoms with Crippen molar-refractivity contribution in [2.45, 2.75) is 59.9 Å². The number of likely N-dealkylation sites (tertiary alicyclic amines) is 1. The van der Waals surface area contributed by atoms with Gasteiger partial charge >= 0.3 is 5.97 Å². The second-order valence-corrected chi connectivity index (χ2v) is 7.84. The average molecular weight is 267 g/mol. The summed E-state index contributed by atoms with van der Waals surface area (Å²) in [6.45, 7) is 13.6. The van der Waals surface area contributed by atoms with Crippen LogP contribution in [0.25, 0.3) is 0 Å². The van der Waals surface area contributed by atoms with Crippen LogP contribution in [0.3, 0.4) is 0 Å². The molecule has 1 aliphatic carbocycles. The minimum atomic E-state index is -0.617. The van der Waals surface area contributed by atoms with E-state index < -0.39 is 11.4 Å². The third kappa shape index (κ3) is 2.54. The Hall–Kier alpha value is -0.570. The van der Waals surface area contributed by atoms with Gasteiger partial charge in [-0.3, -0.25) is 9.69 Å². The molecule has 3 heteroatoms. The number of aliphatic carboxylic acids is 1. The van der Waals surface area contributed by atoms with E-state index in [2.05, 4.69) is 32.6 Å². The minimum Gasteiger partial charge on any atom is -0.481 e. The first-order valence-electron chi connectivity index (χ1n) is 7.64. The zero-order chi connectivity index (χ0) is 14.4. The van der Waals surface area contributed by atoms with Gasteiger partial charge in [-0.2, -0.15) is 0 Å². The summed E-state index contributed by atoms with van der Waals surface area (Å²) in [5, 5.41) is 9.36. The van der Waals surface area contributed by atoms with Crippen LogP contribution in [0.2, 0.25) is 0 Å². The van der Waals surface area contributed by atoms with E-state index in [1.165, 1.54) is 0 Å². The summed E-state index contributed by atoms with van der Waals surface area (Å²) < 4.78 is 0. The van der Waals surface area contributed by atoms with Crippen LogP contribution in [0.1, 0.15) is 53.9 Å². The van der Waals surface area contributed by atoms with Crippen LogP contribution in [0.4, 0.5) is 0 Å². The highest BCUT2D eigenvalue weighted by Crippen LogP contribution is 2.45. The highest BCUT2D eigenvalue weighted by atomic mass is 16.4. The average Bonchev–Trinajstić information content (AvgIpc) is 2.70. The summed E-state index contributed by atoms with van der Waals surface area (Å²) in [5.41, 5.74) is -0.102. The van der Waals surface area contributed by atoms with Crippen LogP contribution in [0, 0.1) is 22.7 Å². The number of carboxylic acid groups (broad SMARTS) is 1. The molecule has 1 N–H and O–H groups in total. The molecule has 19 heavy (non-hydrogen) atoms. The van der Waals surface area contributed by atoms with Gasteiger partial charge in [0.2, 0.25) is 0 Å². The third-order valence-corrected chi connectivity index (χ3v) is 6.31. The molecule has 4 unspecified atom stereocenters. The lowest BCUT2D eigenvalue weighted by Crippen LogP contribution is -2.52. The van der Waals surface area contributed by atoms with Crippen LogP contribution in [0.15, 0.2) is 0 Å². The van der Waals surface area contributed by atoms with Crippen molar-refractivity contribution in [3.8, 4) is 0 Å². The zero-order valence-corrected chi connectivity index (χ0v) is 13.1. The van der Waals surface area contributed by atoms with Crippen molar-refractivity contribution in [3.63, 3.8) is 0 Å². The van der Waals surface area contributed by atoms with Crippen LogP contribution in [-0.4, -0.2) is 35.1 Å². The molecule has 0 amide bonds. The molecule has 0 spiro atoms. The molecule has 2 aliphatic rings. The first-order chi connectivity index (χ1) is 8.67. The number of carbonyl (C=O) groups is 1. The number of hydrogen-bond donors (Lipinski definition) is 1. The molecule has 3 nitrogen and oxygen atoms in total. The van der Waals surface area contributed by atoms with Gasteiger partial charge in [0.1, 0.15) is 0 Å². The van der Waals surface area contributed by atoms with Crippen LogP contribution >= 0.6 is 0 Å². The lowest BCUT2D eigenvalue weighted by atomic mass is 9.67. The molecule has 0 bridgehead atoms. The van der Waals surface area contributed by atoms with Crippen LogP contribution in [-0.2, 0) is 4.79 Å². The second-order valence-electron chi connectivity index (χ2n) is 7.84. The van der Waals surface area contributed by atoms with Crippen molar-refractivity contribution in [3.05, 3.63) is 0 Å². The maximum atomic E-state index is 11.4. The van der Waals surface area contributed by atoms with Gasteiger partial charge in [0.15, 0.2) is 0 Å². The highest BCUT2D eigenvalue weighted by molar-refractivity contribution is 5.74. The van der Waals surface area contributed by atoms with Crippen molar-refractivity contribution >= 4 is 5.97 Å². The highest BCUT2D eigenvalue weighted by Gasteiger charge is 2.46. The number of rotatable bonds is 2. The summed E-state index contributed by atoms with van der Waals surface area (Å²) >= 11 is 0. The van der Waals surface area contributed by atoms with E-state index in [9.17, 15) is 9.90 Å². The fraction of sp³-hybridized carbons (Fsp3) is 0.938. The van der Waals surface area contributed by atoms with Crippen LogP contribution in [0.5, 0.6) is 0 Å². The molecule has 4 atom stereocenters. The molecular weight excluding hydrogens is 238 g/mol. The molecule has 1 heterocycles. The zero-order valence-electron chi connectivity index (χ0n) is 13.1. The van der Waals surface area contributed by atoms with E-state index in [1.807, 2.05) is 6.92 Å². The van der Waals surface area contributed by atoms with Gasteiger partial charge in [-0.1, -0.05) is 27.7 Å². The van der Waals surface area contributed by atoms with Gasteiger partial charge in [-0.15, -0.1) is 0 Å². The summed E-state index contributed by atoms with van der Waals surface area (Å²) in [7, 11) is 0. The van der Waals surface area contributed by atoms with Gasteiger partial charge in [-0.25, -0.2) is 0 Å². The number of piperidine rings is 1. The Bertz CT molecular complexity index is 352. The smallest absolute Gasteiger partial charge is 0.309 e. The fourth-order valence-corrected chi connectivity index (χ4v) is 3.75. The Balaban J connectivity index is 2.04. The summed E-state index contributed by atoms with van der Waals surface area (Å²) in [6, 6.07) is 0.474. The quantitative estimate of drug-likeness (QED) is 0.835. The van der Waals surface area contributed by atoms with E-state index in [-0.39, 0.29) is 0 Å². The molecular formula is C16H29NO2. The minimum absolute atomic E-state index is 0.394. The lowest BCUT2D eigenvalue weighted by molar-refractivity contribution is -0.147. The molecule has 2 rings (SSSR count). The fourth-order valence-electron chi connectivity index (χ4n) is 3.75. The Morgan fingerprint density at radius 2 is 1.68 bits per heavy atom. The Morgan fingerprint density at radius 3 is 2.11 bits per heavy atom. The van der Waals surface area contributed by atoms with Gasteiger partial charge in [0.05, 0.1) is 5.41 Å². The topological polar surface area (TPSA) is 40.5 Å². The predicted octanol–water partition coefficient (Wildman–Crippen LogP) is 3.24. The molecule has 0 aromatic rings. The Kier molecular flexibility index (Phi) is 3.72. The summed E-state index contributed by atoms with van der Waals surface area (Å²) in [4.78, 5) is 13.9. The summed E-state index contributed by atoms with van der Waals surface area (Å²) in [6.07, 6.45) is 2.69. The molecule has 1 aliphatic heterocycles. The van der Waals surface area contributed by atoms with Gasteiger partial charge < -0.3 is 5.11 Å². The van der Waals surface area contributed by atoms with Crippen molar-refractivity contribution in [2.75, 3.05) is 13.1 Å². The standard InChI is InChI=1S/C16H29NO2/c1-11-9-17(10-12(2)15(11,3)4)13-6-7-16(5,8-13)14(18)19/h11-13H,6-10H2,1-5H3,(H,18,19). The molecule has 110 valence electrons. The maximum Gasteiger partial charge on any atom is 0.309 e. The van der Waals surface area contributed by atoms with Crippen molar-refractivity contribution < 1.29 is 9.90 Å². The number of nitrogens with zero attached hydrogens (tertiary/aromatic N) is 1. The molecule has 0 aromatic heterocycles. The maximum absolute atomic E-state index is 11.4. The van der Waals surface area contributed by atoms with E-state index in [0.29, 0.717) is 23.3 Å². The first-order valence-corrected chi connectivity index (χ1v) is 7.64. The molecule has 0 radical (unpaired) electrons. The van der Waals surface area contributed by atoms with E-state index in [0.717, 1.165) is 32.4 Å². The largest absolute Gasteiger partial charge is 0.481 e. The first kappa shape index (κ1) is 14.8. The van der Waals surface area contributed by atoms with Gasteiger partial charge in [0.25, 0.3) is 0 Å². The molecule has 0 aromatic carbocycles. The Labute approximate surface area is 117 Å². The third-order valence-electron chi connectivity index (χ3n) is 6.31. The Morgan fingerprint density at radius 1 is 1.16 bits per heavy atom. The molecule has 1 saturated carbocycles. The molecule has 1 saturated heterocycles. The van der Waals surface area contributed by atoms with E-state index >= 15 is 0 Å². The van der Waals surface area contributed by atoms with E-state index in [1.54, 1.807) is 0 Å².